The molecule has 72 valence electrons. The number of benzene rings is 1. The summed E-state index contributed by atoms with van der Waals surface area (Å²) in [6.45, 7) is 0. The van der Waals surface area contributed by atoms with Crippen LogP contribution in [0.1, 0.15) is 11.6 Å². The lowest BCUT2D eigenvalue weighted by Gasteiger charge is -2.11. The van der Waals surface area contributed by atoms with Gasteiger partial charge < -0.3 is 5.73 Å². The van der Waals surface area contributed by atoms with Crippen LogP contribution in [0.4, 0.5) is 13.2 Å². The molecule has 1 aromatic carbocycles. The minimum atomic E-state index is -2.75. The number of hydrogen-bond acceptors (Lipinski definition) is 1. The highest BCUT2D eigenvalue weighted by molar-refractivity contribution is 9.10. The molecule has 0 fully saturated rings. The van der Waals surface area contributed by atoms with E-state index in [2.05, 4.69) is 15.9 Å². The first-order valence-corrected chi connectivity index (χ1v) is 4.30. The Hall–Kier alpha value is -0.550. The Labute approximate surface area is 81.9 Å². The average Bonchev–Trinajstić information content (AvgIpc) is 2.03. The Balaban J connectivity index is 3.01. The van der Waals surface area contributed by atoms with Gasteiger partial charge in [0, 0.05) is 10.0 Å². The topological polar surface area (TPSA) is 26.0 Å². The standard InChI is InChI=1S/C8H7BrF3N/c9-4-1-2-5(6(10)3-4)7(13)8(11)12/h1-3,7-8H,13H2. The molecule has 0 aromatic heterocycles. The lowest BCUT2D eigenvalue weighted by atomic mass is 10.1. The molecule has 0 amide bonds. The molecule has 1 nitrogen and oxygen atoms in total. The van der Waals surface area contributed by atoms with Crippen LogP contribution in [0, 0.1) is 5.82 Å². The van der Waals surface area contributed by atoms with E-state index in [1.807, 2.05) is 0 Å². The molecule has 1 aromatic rings. The molecule has 0 bridgehead atoms. The zero-order valence-electron chi connectivity index (χ0n) is 6.48. The fourth-order valence-electron chi connectivity index (χ4n) is 0.908. The molecule has 0 aliphatic carbocycles. The Bertz CT molecular complexity index is 303. The van der Waals surface area contributed by atoms with Crippen molar-refractivity contribution in [3.05, 3.63) is 34.1 Å². The highest BCUT2D eigenvalue weighted by Gasteiger charge is 2.20. The molecule has 0 spiro atoms. The Morgan fingerprint density at radius 1 is 1.31 bits per heavy atom. The molecule has 0 aliphatic rings. The molecule has 1 rings (SSSR count). The fourth-order valence-corrected chi connectivity index (χ4v) is 1.24. The number of alkyl halides is 2. The first-order valence-electron chi connectivity index (χ1n) is 3.51. The second kappa shape index (κ2) is 4.11. The summed E-state index contributed by atoms with van der Waals surface area (Å²) in [5, 5.41) is 0. The van der Waals surface area contributed by atoms with Crippen LogP contribution in [0.25, 0.3) is 0 Å². The fraction of sp³-hybridized carbons (Fsp3) is 0.250. The van der Waals surface area contributed by atoms with Crippen molar-refractivity contribution in [3.8, 4) is 0 Å². The van der Waals surface area contributed by atoms with Gasteiger partial charge in [-0.1, -0.05) is 22.0 Å². The van der Waals surface area contributed by atoms with Crippen LogP contribution in [0.2, 0.25) is 0 Å². The number of halogens is 4. The third-order valence-electron chi connectivity index (χ3n) is 1.59. The highest BCUT2D eigenvalue weighted by Crippen LogP contribution is 2.23. The van der Waals surface area contributed by atoms with Crippen LogP contribution in [-0.4, -0.2) is 6.43 Å². The van der Waals surface area contributed by atoms with E-state index in [1.54, 1.807) is 0 Å². The van der Waals surface area contributed by atoms with Crippen molar-refractivity contribution in [1.29, 1.82) is 0 Å². The van der Waals surface area contributed by atoms with Gasteiger partial charge in [-0.15, -0.1) is 0 Å². The smallest absolute Gasteiger partial charge is 0.257 e. The van der Waals surface area contributed by atoms with Gasteiger partial charge in [0.2, 0.25) is 0 Å². The predicted octanol–water partition coefficient (Wildman–Crippen LogP) is 2.85. The van der Waals surface area contributed by atoms with Crippen LogP contribution in [0.5, 0.6) is 0 Å². The lowest BCUT2D eigenvalue weighted by Crippen LogP contribution is -2.20. The maximum Gasteiger partial charge on any atom is 0.257 e. The van der Waals surface area contributed by atoms with Crippen molar-refractivity contribution in [2.45, 2.75) is 12.5 Å². The summed E-state index contributed by atoms with van der Waals surface area (Å²) in [6.07, 6.45) is -2.75. The van der Waals surface area contributed by atoms with Crippen molar-refractivity contribution in [2.75, 3.05) is 0 Å². The lowest BCUT2D eigenvalue weighted by molar-refractivity contribution is 0.115. The number of hydrogen-bond donors (Lipinski definition) is 1. The zero-order chi connectivity index (χ0) is 10.0. The van der Waals surface area contributed by atoms with Gasteiger partial charge in [-0.25, -0.2) is 13.2 Å². The molecular formula is C8H7BrF3N. The first kappa shape index (κ1) is 10.5. The SMILES string of the molecule is NC(c1ccc(Br)cc1F)C(F)F. The van der Waals surface area contributed by atoms with E-state index >= 15 is 0 Å². The zero-order valence-corrected chi connectivity index (χ0v) is 8.06. The quantitative estimate of drug-likeness (QED) is 0.862. The van der Waals surface area contributed by atoms with E-state index in [0.717, 1.165) is 6.07 Å². The van der Waals surface area contributed by atoms with Crippen molar-refractivity contribution in [1.82, 2.24) is 0 Å². The summed E-state index contributed by atoms with van der Waals surface area (Å²) in [7, 11) is 0. The van der Waals surface area contributed by atoms with E-state index < -0.39 is 18.3 Å². The summed E-state index contributed by atoms with van der Waals surface area (Å²) in [5.74, 6) is -0.720. The van der Waals surface area contributed by atoms with E-state index in [9.17, 15) is 13.2 Å². The second-order valence-corrected chi connectivity index (χ2v) is 3.44. The summed E-state index contributed by atoms with van der Waals surface area (Å²) >= 11 is 3.01. The van der Waals surface area contributed by atoms with E-state index in [4.69, 9.17) is 5.73 Å². The molecule has 0 saturated carbocycles. The third kappa shape index (κ3) is 2.45. The maximum absolute atomic E-state index is 13.0. The van der Waals surface area contributed by atoms with Crippen LogP contribution >= 0.6 is 15.9 Å². The highest BCUT2D eigenvalue weighted by atomic mass is 79.9. The Morgan fingerprint density at radius 2 is 1.92 bits per heavy atom. The van der Waals surface area contributed by atoms with Crippen molar-refractivity contribution >= 4 is 15.9 Å². The third-order valence-corrected chi connectivity index (χ3v) is 2.09. The number of nitrogens with two attached hydrogens (primary N) is 1. The summed E-state index contributed by atoms with van der Waals surface area (Å²) in [4.78, 5) is 0. The molecule has 13 heavy (non-hydrogen) atoms. The van der Waals surface area contributed by atoms with Crippen LogP contribution in [-0.2, 0) is 0 Å². The van der Waals surface area contributed by atoms with Gasteiger partial charge in [-0.05, 0) is 12.1 Å². The van der Waals surface area contributed by atoms with Crippen molar-refractivity contribution in [3.63, 3.8) is 0 Å². The van der Waals surface area contributed by atoms with E-state index in [-0.39, 0.29) is 5.56 Å². The second-order valence-electron chi connectivity index (χ2n) is 2.53. The molecular weight excluding hydrogens is 247 g/mol. The summed E-state index contributed by atoms with van der Waals surface area (Å²) in [5.41, 5.74) is 4.92. The van der Waals surface area contributed by atoms with Crippen LogP contribution in [0.3, 0.4) is 0 Å². The van der Waals surface area contributed by atoms with Gasteiger partial charge in [-0.2, -0.15) is 0 Å². The van der Waals surface area contributed by atoms with E-state index in [0.29, 0.717) is 4.47 Å². The van der Waals surface area contributed by atoms with Gasteiger partial charge in [0.1, 0.15) is 5.82 Å². The monoisotopic (exact) mass is 253 g/mol. The van der Waals surface area contributed by atoms with Crippen molar-refractivity contribution in [2.24, 2.45) is 5.73 Å². The van der Waals surface area contributed by atoms with E-state index in [1.165, 1.54) is 12.1 Å². The summed E-state index contributed by atoms with van der Waals surface area (Å²) < 4.78 is 37.7. The normalized spacial score (nSPS) is 13.4. The van der Waals surface area contributed by atoms with Gasteiger partial charge in [0.05, 0.1) is 6.04 Å². The molecule has 0 aliphatic heterocycles. The van der Waals surface area contributed by atoms with Crippen molar-refractivity contribution < 1.29 is 13.2 Å². The Morgan fingerprint density at radius 3 is 2.38 bits per heavy atom. The Kier molecular flexibility index (Phi) is 3.33. The minimum Gasteiger partial charge on any atom is -0.319 e. The molecule has 0 radical (unpaired) electrons. The van der Waals surface area contributed by atoms with Gasteiger partial charge in [0.15, 0.2) is 0 Å². The van der Waals surface area contributed by atoms with Crippen LogP contribution < -0.4 is 5.73 Å². The largest absolute Gasteiger partial charge is 0.319 e. The molecule has 2 N–H and O–H groups in total. The maximum atomic E-state index is 13.0. The molecule has 1 unspecified atom stereocenters. The molecule has 1 atom stereocenters. The predicted molar refractivity (Wildman–Crippen MR) is 47.0 cm³/mol. The van der Waals surface area contributed by atoms with Gasteiger partial charge in [0.25, 0.3) is 6.43 Å². The minimum absolute atomic E-state index is 0.168. The van der Waals surface area contributed by atoms with Gasteiger partial charge in [-0.3, -0.25) is 0 Å². The summed E-state index contributed by atoms with van der Waals surface area (Å²) in [6, 6.07) is 2.27. The van der Waals surface area contributed by atoms with Crippen LogP contribution in [0.15, 0.2) is 22.7 Å². The molecule has 0 saturated heterocycles. The molecule has 0 heterocycles. The number of rotatable bonds is 2. The van der Waals surface area contributed by atoms with Gasteiger partial charge >= 0.3 is 0 Å². The average molecular weight is 254 g/mol. The molecule has 5 heteroatoms. The first-order chi connectivity index (χ1) is 6.02.